The lowest BCUT2D eigenvalue weighted by molar-refractivity contribution is 0.171. The van der Waals surface area contributed by atoms with Crippen LogP contribution >= 0.6 is 0 Å². The zero-order chi connectivity index (χ0) is 25.4. The van der Waals surface area contributed by atoms with Gasteiger partial charge in [-0.1, -0.05) is 90.4 Å². The summed E-state index contributed by atoms with van der Waals surface area (Å²) in [5.74, 6) is 0.742. The Bertz CT molecular complexity index is 1550. The van der Waals surface area contributed by atoms with Crippen molar-refractivity contribution in [2.45, 2.75) is 24.2 Å². The van der Waals surface area contributed by atoms with E-state index in [2.05, 4.69) is 90.8 Å². The average molecular weight is 482 g/mol. The van der Waals surface area contributed by atoms with Gasteiger partial charge in [0.25, 0.3) is 0 Å². The van der Waals surface area contributed by atoms with Gasteiger partial charge in [0.1, 0.15) is 7.85 Å². The number of hydrogen-bond donors (Lipinski definition) is 0. The van der Waals surface area contributed by atoms with E-state index in [1.54, 1.807) is 7.11 Å². The smallest absolute Gasteiger partial charge is 0.217 e. The van der Waals surface area contributed by atoms with E-state index in [4.69, 9.17) is 17.6 Å². The molecule has 2 radical (unpaired) electrons. The Kier molecular flexibility index (Phi) is 6.22. The van der Waals surface area contributed by atoms with Crippen molar-refractivity contribution in [1.82, 2.24) is 9.88 Å². The first-order valence-corrected chi connectivity index (χ1v) is 13.0. The van der Waals surface area contributed by atoms with Crippen molar-refractivity contribution in [2.75, 3.05) is 27.2 Å². The fraction of sp³-hybridized carbons (Fsp3) is 0.242. The number of likely N-dealkylation sites (tertiary alicyclic amines) is 1. The Balaban J connectivity index is 1.68. The lowest BCUT2D eigenvalue weighted by Crippen LogP contribution is -2.45. The first kappa shape index (κ1) is 23.8. The number of benzene rings is 4. The lowest BCUT2D eigenvalue weighted by Gasteiger charge is -2.47. The summed E-state index contributed by atoms with van der Waals surface area (Å²) < 4.78 is 6.01. The molecule has 1 fully saturated rings. The molecule has 0 bridgehead atoms. The van der Waals surface area contributed by atoms with Gasteiger partial charge >= 0.3 is 0 Å². The number of aromatic nitrogens is 1. The van der Waals surface area contributed by atoms with Crippen LogP contribution < -0.4 is 10.2 Å². The summed E-state index contributed by atoms with van der Waals surface area (Å²) in [5, 5.41) is 3.65. The predicted octanol–water partition coefficient (Wildman–Crippen LogP) is 5.99. The van der Waals surface area contributed by atoms with Crippen molar-refractivity contribution < 1.29 is 4.74 Å². The topological polar surface area (TPSA) is 25.4 Å². The SMILES string of the molecule is [B]c1ccc2nc(OC)c([C@@H](c3ccccc3)C3(c4cccc5ccccc45)CCN(C)CC3)cc2c1. The minimum atomic E-state index is -0.141. The van der Waals surface area contributed by atoms with Gasteiger partial charge in [0.2, 0.25) is 5.88 Å². The second kappa shape index (κ2) is 9.68. The zero-order valence-corrected chi connectivity index (χ0v) is 21.5. The Morgan fingerprint density at radius 2 is 1.57 bits per heavy atom. The third kappa shape index (κ3) is 4.20. The largest absolute Gasteiger partial charge is 0.481 e. The number of hydrogen-bond acceptors (Lipinski definition) is 3. The summed E-state index contributed by atoms with van der Waals surface area (Å²) in [4.78, 5) is 7.44. The average Bonchev–Trinajstić information content (AvgIpc) is 2.94. The van der Waals surface area contributed by atoms with E-state index in [1.807, 2.05) is 18.2 Å². The minimum Gasteiger partial charge on any atom is -0.481 e. The molecule has 0 amide bonds. The number of rotatable bonds is 5. The maximum absolute atomic E-state index is 6.20. The second-order valence-corrected chi connectivity index (χ2v) is 10.4. The molecule has 3 nitrogen and oxygen atoms in total. The van der Waals surface area contributed by atoms with E-state index in [-0.39, 0.29) is 11.3 Å². The minimum absolute atomic E-state index is 0.0569. The third-order valence-electron chi connectivity index (χ3n) is 8.23. The molecule has 1 aliphatic rings. The van der Waals surface area contributed by atoms with Crippen LogP contribution in [0.25, 0.3) is 21.7 Å². The first-order chi connectivity index (χ1) is 18.1. The quantitative estimate of drug-likeness (QED) is 0.288. The Labute approximate surface area is 220 Å². The summed E-state index contributed by atoms with van der Waals surface area (Å²) in [7, 11) is 10.2. The molecule has 0 saturated carbocycles. The third-order valence-corrected chi connectivity index (χ3v) is 8.23. The normalized spacial score (nSPS) is 16.6. The van der Waals surface area contributed by atoms with Gasteiger partial charge in [-0.05, 0) is 67.0 Å². The van der Waals surface area contributed by atoms with Gasteiger partial charge < -0.3 is 9.64 Å². The van der Waals surface area contributed by atoms with Gasteiger partial charge in [-0.25, -0.2) is 4.98 Å². The highest BCUT2D eigenvalue weighted by atomic mass is 16.5. The molecule has 1 saturated heterocycles. The molecular formula is C33H31BN2O. The highest BCUT2D eigenvalue weighted by molar-refractivity contribution is 6.33. The van der Waals surface area contributed by atoms with Crippen LogP contribution in [0.2, 0.25) is 0 Å². The predicted molar refractivity (Wildman–Crippen MR) is 154 cm³/mol. The van der Waals surface area contributed by atoms with Crippen LogP contribution in [0.15, 0.2) is 97.1 Å². The number of ether oxygens (including phenoxy) is 1. The van der Waals surface area contributed by atoms with Crippen molar-refractivity contribution in [3.63, 3.8) is 0 Å². The Hall–Kier alpha value is -3.63. The molecule has 1 aliphatic heterocycles. The van der Waals surface area contributed by atoms with Crippen LogP contribution in [-0.4, -0.2) is 45.0 Å². The number of piperidine rings is 1. The molecule has 1 aromatic heterocycles. The molecule has 2 heterocycles. The molecule has 4 aromatic carbocycles. The highest BCUT2D eigenvalue weighted by Gasteiger charge is 2.46. The molecule has 182 valence electrons. The van der Waals surface area contributed by atoms with E-state index in [1.165, 1.54) is 21.9 Å². The van der Waals surface area contributed by atoms with Crippen LogP contribution in [-0.2, 0) is 5.41 Å². The highest BCUT2D eigenvalue weighted by Crippen LogP contribution is 2.53. The Morgan fingerprint density at radius 1 is 0.838 bits per heavy atom. The summed E-state index contributed by atoms with van der Waals surface area (Å²) in [6.45, 7) is 2.06. The van der Waals surface area contributed by atoms with E-state index in [9.17, 15) is 0 Å². The molecule has 4 heteroatoms. The van der Waals surface area contributed by atoms with Gasteiger partial charge in [-0.15, -0.1) is 0 Å². The summed E-state index contributed by atoms with van der Waals surface area (Å²) in [6, 6.07) is 34.7. The zero-order valence-electron chi connectivity index (χ0n) is 21.5. The first-order valence-electron chi connectivity index (χ1n) is 13.0. The molecule has 6 rings (SSSR count). The van der Waals surface area contributed by atoms with Crippen LogP contribution in [0.1, 0.15) is 35.4 Å². The van der Waals surface area contributed by atoms with Gasteiger partial charge in [0.15, 0.2) is 0 Å². The van der Waals surface area contributed by atoms with Gasteiger partial charge in [0, 0.05) is 22.3 Å². The van der Waals surface area contributed by atoms with Crippen LogP contribution in [0, 0.1) is 0 Å². The molecule has 0 spiro atoms. The fourth-order valence-electron chi connectivity index (χ4n) is 6.40. The number of nitrogens with zero attached hydrogens (tertiary/aromatic N) is 2. The molecule has 1 atom stereocenters. The summed E-state index contributed by atoms with van der Waals surface area (Å²) >= 11 is 0. The van der Waals surface area contributed by atoms with E-state index >= 15 is 0 Å². The number of methoxy groups -OCH3 is 1. The number of fused-ring (bicyclic) bond motifs is 2. The van der Waals surface area contributed by atoms with Crippen molar-refractivity contribution >= 4 is 35.0 Å². The van der Waals surface area contributed by atoms with E-state index < -0.39 is 0 Å². The molecule has 0 N–H and O–H groups in total. The van der Waals surface area contributed by atoms with Crippen LogP contribution in [0.3, 0.4) is 0 Å². The van der Waals surface area contributed by atoms with Crippen molar-refractivity contribution in [2.24, 2.45) is 0 Å². The standard InChI is InChI=1S/C33H31BN2O/c1-36-19-17-33(18-20-36,29-14-8-12-23-9-6-7-13-27(23)29)31(24-10-4-3-5-11-24)28-22-25-21-26(34)15-16-30(25)35-32(28)37-2/h3-16,21-22,31H,17-20H2,1-2H3/t31-/m1/s1. The summed E-state index contributed by atoms with van der Waals surface area (Å²) in [6.07, 6.45) is 2.07. The van der Waals surface area contributed by atoms with Gasteiger partial charge in [-0.2, -0.15) is 0 Å². The fourth-order valence-corrected chi connectivity index (χ4v) is 6.40. The Morgan fingerprint density at radius 3 is 2.35 bits per heavy atom. The molecular weight excluding hydrogens is 451 g/mol. The molecule has 37 heavy (non-hydrogen) atoms. The lowest BCUT2D eigenvalue weighted by atomic mass is 9.59. The van der Waals surface area contributed by atoms with Gasteiger partial charge in [0.05, 0.1) is 12.6 Å². The maximum atomic E-state index is 6.20. The van der Waals surface area contributed by atoms with Crippen molar-refractivity contribution in [3.05, 3.63) is 114 Å². The second-order valence-electron chi connectivity index (χ2n) is 10.4. The molecule has 0 aliphatic carbocycles. The van der Waals surface area contributed by atoms with Crippen molar-refractivity contribution in [1.29, 1.82) is 0 Å². The van der Waals surface area contributed by atoms with E-state index in [0.29, 0.717) is 5.88 Å². The van der Waals surface area contributed by atoms with Gasteiger partial charge in [-0.3, -0.25) is 0 Å². The van der Waals surface area contributed by atoms with E-state index in [0.717, 1.165) is 47.9 Å². The number of pyridine rings is 1. The molecule has 0 unspecified atom stereocenters. The monoisotopic (exact) mass is 482 g/mol. The van der Waals surface area contributed by atoms with Crippen molar-refractivity contribution in [3.8, 4) is 5.88 Å². The summed E-state index contributed by atoms with van der Waals surface area (Å²) in [5.41, 5.74) is 5.29. The molecule has 5 aromatic rings. The van der Waals surface area contributed by atoms with Crippen LogP contribution in [0.5, 0.6) is 5.88 Å². The maximum Gasteiger partial charge on any atom is 0.217 e. The van der Waals surface area contributed by atoms with Crippen LogP contribution in [0.4, 0.5) is 0 Å².